The van der Waals surface area contributed by atoms with Crippen molar-refractivity contribution in [1.82, 2.24) is 15.0 Å². The van der Waals surface area contributed by atoms with E-state index in [9.17, 15) is 14.9 Å². The van der Waals surface area contributed by atoms with E-state index in [1.165, 1.54) is 25.6 Å². The van der Waals surface area contributed by atoms with E-state index in [0.717, 1.165) is 0 Å². The zero-order valence-electron chi connectivity index (χ0n) is 18.6. The van der Waals surface area contributed by atoms with Crippen LogP contribution in [0.1, 0.15) is 28.0 Å². The number of anilines is 1. The first kappa shape index (κ1) is 23.2. The minimum atomic E-state index is -0.774. The number of aliphatic imine (C=N–C) groups is 1. The van der Waals surface area contributed by atoms with E-state index < -0.39 is 16.4 Å². The molecule has 0 saturated carbocycles. The summed E-state index contributed by atoms with van der Waals surface area (Å²) in [5.41, 5.74) is 1.38. The summed E-state index contributed by atoms with van der Waals surface area (Å²) in [7, 11) is 1.28. The second kappa shape index (κ2) is 9.88. The van der Waals surface area contributed by atoms with Crippen LogP contribution in [0, 0.1) is 21.4 Å². The highest BCUT2D eigenvalue weighted by Gasteiger charge is 2.32. The van der Waals surface area contributed by atoms with Gasteiger partial charge in [-0.2, -0.15) is 5.26 Å². The summed E-state index contributed by atoms with van der Waals surface area (Å²) in [6.07, 6.45) is 8.41. The quantitative estimate of drug-likeness (QED) is 0.296. The van der Waals surface area contributed by atoms with E-state index >= 15 is 0 Å². The second-order valence-electron chi connectivity index (χ2n) is 7.53. The third kappa shape index (κ3) is 4.86. The highest BCUT2D eigenvalue weighted by molar-refractivity contribution is 5.96. The molecule has 1 unspecified atom stereocenters. The van der Waals surface area contributed by atoms with Gasteiger partial charge in [0.05, 0.1) is 35.1 Å². The molecule has 0 aliphatic carbocycles. The van der Waals surface area contributed by atoms with Crippen molar-refractivity contribution in [2.24, 2.45) is 4.99 Å². The molecule has 0 saturated heterocycles. The average molecular weight is 469 g/mol. The molecule has 1 aromatic carbocycles. The number of ether oxygens (including phenoxy) is 1. The number of pyridine rings is 1. The molecule has 0 bridgehead atoms. The van der Waals surface area contributed by atoms with Crippen molar-refractivity contribution < 1.29 is 14.5 Å². The van der Waals surface area contributed by atoms with E-state index in [2.05, 4.69) is 31.3 Å². The number of benzene rings is 1. The fraction of sp³-hybridized carbons (Fsp3) is 0.167. The molecule has 1 aliphatic rings. The summed E-state index contributed by atoms with van der Waals surface area (Å²) in [4.78, 5) is 40.2. The summed E-state index contributed by atoms with van der Waals surface area (Å²) in [5, 5.41) is 23.1. The molecule has 3 heterocycles. The number of hydrogen-bond acceptors (Lipinski definition) is 10. The predicted molar refractivity (Wildman–Crippen MR) is 127 cm³/mol. The normalized spacial score (nSPS) is 16.0. The Bertz CT molecular complexity index is 1350. The third-order valence-corrected chi connectivity index (χ3v) is 5.44. The molecule has 3 aromatic rings. The standard InChI is InChI=1S/C24H19N7O4/c1-35-22(32)19-15-28-23(30-21(19)17-5-3-16(13-25)4-6-17)26-12-10-24(9-2-11-29-24)20-8-7-18(14-27-20)31(33)34/h2-9,11,14-15H,10,12H2,1H3,(H,26,28,30). The largest absolute Gasteiger partial charge is 0.465 e. The minimum Gasteiger partial charge on any atom is -0.465 e. The van der Waals surface area contributed by atoms with Crippen LogP contribution in [0.3, 0.4) is 0 Å². The Morgan fingerprint density at radius 2 is 2.00 bits per heavy atom. The van der Waals surface area contributed by atoms with Crippen LogP contribution in [0.4, 0.5) is 11.6 Å². The van der Waals surface area contributed by atoms with Gasteiger partial charge in [-0.1, -0.05) is 12.1 Å². The number of carbonyl (C=O) groups is 1. The molecule has 1 atom stereocenters. The molecule has 0 spiro atoms. The van der Waals surface area contributed by atoms with Crippen molar-refractivity contribution in [1.29, 1.82) is 5.26 Å². The lowest BCUT2D eigenvalue weighted by Gasteiger charge is -2.23. The minimum absolute atomic E-state index is 0.0950. The maximum absolute atomic E-state index is 12.2. The monoisotopic (exact) mass is 469 g/mol. The Hall–Kier alpha value is -4.98. The Morgan fingerprint density at radius 1 is 1.20 bits per heavy atom. The molecule has 11 heteroatoms. The van der Waals surface area contributed by atoms with Gasteiger partial charge < -0.3 is 10.1 Å². The van der Waals surface area contributed by atoms with Gasteiger partial charge in [0, 0.05) is 30.6 Å². The number of nitriles is 1. The zero-order valence-corrected chi connectivity index (χ0v) is 18.6. The molecule has 0 amide bonds. The van der Waals surface area contributed by atoms with Crippen molar-refractivity contribution in [2.75, 3.05) is 19.0 Å². The Balaban J connectivity index is 1.55. The zero-order chi connectivity index (χ0) is 24.8. The van der Waals surface area contributed by atoms with E-state index in [1.807, 2.05) is 6.08 Å². The summed E-state index contributed by atoms with van der Waals surface area (Å²) in [6.45, 7) is 0.394. The number of aromatic nitrogens is 3. The van der Waals surface area contributed by atoms with Crippen LogP contribution in [0.5, 0.6) is 0 Å². The maximum Gasteiger partial charge on any atom is 0.341 e. The van der Waals surface area contributed by atoms with Gasteiger partial charge in [0.1, 0.15) is 17.3 Å². The van der Waals surface area contributed by atoms with Crippen LogP contribution in [0.25, 0.3) is 11.3 Å². The van der Waals surface area contributed by atoms with Crippen LogP contribution < -0.4 is 5.32 Å². The van der Waals surface area contributed by atoms with Crippen LogP contribution >= 0.6 is 0 Å². The van der Waals surface area contributed by atoms with E-state index in [0.29, 0.717) is 35.5 Å². The molecule has 1 N–H and O–H groups in total. The SMILES string of the molecule is COC(=O)c1cnc(NCCC2(c3ccc([N+](=O)[O-])cn3)C=CC=N2)nc1-c1ccc(C#N)cc1. The first-order chi connectivity index (χ1) is 17.0. The second-order valence-corrected chi connectivity index (χ2v) is 7.53. The van der Waals surface area contributed by atoms with E-state index in [1.54, 1.807) is 42.6 Å². The lowest BCUT2D eigenvalue weighted by atomic mass is 9.92. The molecule has 0 fully saturated rings. The lowest BCUT2D eigenvalue weighted by molar-refractivity contribution is -0.385. The first-order valence-corrected chi connectivity index (χ1v) is 10.5. The summed E-state index contributed by atoms with van der Waals surface area (Å²) >= 11 is 0. The number of hydrogen-bond donors (Lipinski definition) is 1. The smallest absolute Gasteiger partial charge is 0.341 e. The number of rotatable bonds is 8. The van der Waals surface area contributed by atoms with Gasteiger partial charge in [-0.05, 0) is 36.8 Å². The van der Waals surface area contributed by atoms with Gasteiger partial charge in [-0.15, -0.1) is 0 Å². The molecule has 2 aromatic heterocycles. The fourth-order valence-corrected chi connectivity index (χ4v) is 3.61. The summed E-state index contributed by atoms with van der Waals surface area (Å²) in [5.74, 6) is -0.292. The number of nitro groups is 1. The summed E-state index contributed by atoms with van der Waals surface area (Å²) < 4.78 is 4.85. The summed E-state index contributed by atoms with van der Waals surface area (Å²) in [6, 6.07) is 11.7. The van der Waals surface area contributed by atoms with E-state index in [-0.39, 0.29) is 17.2 Å². The van der Waals surface area contributed by atoms with Gasteiger partial charge in [-0.3, -0.25) is 20.1 Å². The number of methoxy groups -OCH3 is 1. The number of nitrogens with zero attached hydrogens (tertiary/aromatic N) is 6. The van der Waals surface area contributed by atoms with Crippen molar-refractivity contribution in [3.05, 3.63) is 87.9 Å². The van der Waals surface area contributed by atoms with Gasteiger partial charge in [-0.25, -0.2) is 14.8 Å². The van der Waals surface area contributed by atoms with Crippen LogP contribution in [0.2, 0.25) is 0 Å². The molecule has 0 radical (unpaired) electrons. The number of nitrogens with one attached hydrogen (secondary N) is 1. The number of carbonyl (C=O) groups excluding carboxylic acids is 1. The highest BCUT2D eigenvalue weighted by atomic mass is 16.6. The van der Waals surface area contributed by atoms with Gasteiger partial charge in [0.15, 0.2) is 0 Å². The highest BCUT2D eigenvalue weighted by Crippen LogP contribution is 2.33. The van der Waals surface area contributed by atoms with E-state index in [4.69, 9.17) is 10.00 Å². The molecule has 35 heavy (non-hydrogen) atoms. The Morgan fingerprint density at radius 3 is 2.60 bits per heavy atom. The fourth-order valence-electron chi connectivity index (χ4n) is 3.61. The Labute approximate surface area is 200 Å². The number of allylic oxidation sites excluding steroid dienone is 1. The first-order valence-electron chi connectivity index (χ1n) is 10.5. The molecule has 4 rings (SSSR count). The molecular weight excluding hydrogens is 450 g/mol. The van der Waals surface area contributed by atoms with Crippen LogP contribution in [0.15, 0.2) is 65.9 Å². The van der Waals surface area contributed by atoms with Crippen molar-refractivity contribution in [2.45, 2.75) is 12.0 Å². The molecule has 174 valence electrons. The van der Waals surface area contributed by atoms with Crippen LogP contribution in [-0.4, -0.2) is 45.7 Å². The van der Waals surface area contributed by atoms with Gasteiger partial charge in [0.25, 0.3) is 5.69 Å². The topological polar surface area (TPSA) is 156 Å². The maximum atomic E-state index is 12.2. The average Bonchev–Trinajstić information content (AvgIpc) is 3.38. The van der Waals surface area contributed by atoms with Crippen molar-refractivity contribution in [3.8, 4) is 17.3 Å². The Kier molecular flexibility index (Phi) is 6.55. The van der Waals surface area contributed by atoms with Gasteiger partial charge >= 0.3 is 5.97 Å². The van der Waals surface area contributed by atoms with Gasteiger partial charge in [0.2, 0.25) is 5.95 Å². The predicted octanol–water partition coefficient (Wildman–Crippen LogP) is 3.44. The number of esters is 1. The third-order valence-electron chi connectivity index (χ3n) is 5.44. The molecule has 1 aliphatic heterocycles. The molecule has 11 nitrogen and oxygen atoms in total. The lowest BCUT2D eigenvalue weighted by Crippen LogP contribution is -2.25. The molecular formula is C24H19N7O4. The van der Waals surface area contributed by atoms with Crippen molar-refractivity contribution >= 4 is 23.8 Å². The van der Waals surface area contributed by atoms with Crippen LogP contribution in [-0.2, 0) is 10.3 Å². The van der Waals surface area contributed by atoms with Crippen molar-refractivity contribution in [3.63, 3.8) is 0 Å².